The van der Waals surface area contributed by atoms with Gasteiger partial charge in [0, 0.05) is 18.1 Å². The summed E-state index contributed by atoms with van der Waals surface area (Å²) in [6, 6.07) is 7.82. The van der Waals surface area contributed by atoms with E-state index >= 15 is 0 Å². The Kier molecular flexibility index (Phi) is 3.98. The molecule has 0 saturated carbocycles. The molecular weight excluding hydrogens is 264 g/mol. The van der Waals surface area contributed by atoms with Gasteiger partial charge in [0.25, 0.3) is 0 Å². The third-order valence-corrected chi connectivity index (χ3v) is 2.83. The molecule has 3 heteroatoms. The first-order chi connectivity index (χ1) is 7.33. The van der Waals surface area contributed by atoms with Crippen LogP contribution < -0.4 is 4.90 Å². The van der Waals surface area contributed by atoms with E-state index in [0.29, 0.717) is 5.56 Å². The maximum Gasteiger partial charge on any atom is 0.0992 e. The van der Waals surface area contributed by atoms with E-state index in [4.69, 9.17) is 5.26 Å². The number of hydrogen-bond acceptors (Lipinski definition) is 2. The molecule has 16 heavy (non-hydrogen) atoms. The minimum atomic E-state index is 0.252. The predicted octanol–water partition coefficient (Wildman–Crippen LogP) is 3.80. The molecule has 1 aromatic rings. The fourth-order valence-corrected chi connectivity index (χ4v) is 2.36. The van der Waals surface area contributed by atoms with Crippen LogP contribution in [0.15, 0.2) is 22.7 Å². The zero-order valence-electron chi connectivity index (χ0n) is 10.2. The summed E-state index contributed by atoms with van der Waals surface area (Å²) >= 11 is 3.50. The second-order valence-electron chi connectivity index (χ2n) is 5.19. The third kappa shape index (κ3) is 3.53. The molecule has 0 aliphatic rings. The summed E-state index contributed by atoms with van der Waals surface area (Å²) in [6.45, 7) is 7.60. The van der Waals surface area contributed by atoms with E-state index in [2.05, 4.69) is 54.7 Å². The van der Waals surface area contributed by atoms with Crippen LogP contribution in [0, 0.1) is 16.7 Å². The van der Waals surface area contributed by atoms with Crippen LogP contribution in [0.4, 0.5) is 5.69 Å². The Balaban J connectivity index is 2.93. The molecule has 0 unspecified atom stereocenters. The van der Waals surface area contributed by atoms with E-state index < -0.39 is 0 Å². The molecule has 0 bridgehead atoms. The Labute approximate surface area is 106 Å². The molecule has 0 aromatic heterocycles. The van der Waals surface area contributed by atoms with Gasteiger partial charge in [-0.25, -0.2) is 0 Å². The van der Waals surface area contributed by atoms with Gasteiger partial charge in [-0.1, -0.05) is 20.8 Å². The van der Waals surface area contributed by atoms with Gasteiger partial charge in [0.05, 0.1) is 17.3 Å². The van der Waals surface area contributed by atoms with Crippen molar-refractivity contribution in [2.45, 2.75) is 20.8 Å². The summed E-state index contributed by atoms with van der Waals surface area (Å²) in [4.78, 5) is 2.20. The van der Waals surface area contributed by atoms with Gasteiger partial charge in [-0.2, -0.15) is 5.26 Å². The van der Waals surface area contributed by atoms with E-state index in [1.807, 2.05) is 18.2 Å². The molecule has 0 amide bonds. The summed E-state index contributed by atoms with van der Waals surface area (Å²) in [6.07, 6.45) is 0. The van der Waals surface area contributed by atoms with E-state index in [1.165, 1.54) is 0 Å². The number of nitriles is 1. The zero-order valence-corrected chi connectivity index (χ0v) is 11.8. The molecule has 1 aromatic carbocycles. The number of rotatable bonds is 2. The second-order valence-corrected chi connectivity index (χ2v) is 6.05. The highest BCUT2D eigenvalue weighted by Crippen LogP contribution is 2.28. The third-order valence-electron chi connectivity index (χ3n) is 2.20. The number of halogens is 1. The normalized spacial score (nSPS) is 11.0. The van der Waals surface area contributed by atoms with Gasteiger partial charge < -0.3 is 4.90 Å². The van der Waals surface area contributed by atoms with Crippen molar-refractivity contribution in [1.82, 2.24) is 0 Å². The molecule has 0 spiro atoms. The van der Waals surface area contributed by atoms with E-state index in [1.54, 1.807) is 0 Å². The van der Waals surface area contributed by atoms with Gasteiger partial charge in [-0.15, -0.1) is 0 Å². The van der Waals surface area contributed by atoms with Crippen LogP contribution in [-0.4, -0.2) is 13.6 Å². The van der Waals surface area contributed by atoms with Crippen LogP contribution >= 0.6 is 15.9 Å². The fraction of sp³-hybridized carbons (Fsp3) is 0.462. The first-order valence-electron chi connectivity index (χ1n) is 5.24. The van der Waals surface area contributed by atoms with Crippen LogP contribution in [-0.2, 0) is 0 Å². The molecule has 0 fully saturated rings. The summed E-state index contributed by atoms with van der Waals surface area (Å²) in [7, 11) is 2.07. The summed E-state index contributed by atoms with van der Waals surface area (Å²) in [5.41, 5.74) is 2.05. The lowest BCUT2D eigenvalue weighted by Gasteiger charge is -2.29. The highest BCUT2D eigenvalue weighted by Gasteiger charge is 2.15. The Bertz CT molecular complexity index is 413. The van der Waals surface area contributed by atoms with Crippen LogP contribution in [0.5, 0.6) is 0 Å². The minimum Gasteiger partial charge on any atom is -0.373 e. The summed E-state index contributed by atoms with van der Waals surface area (Å²) in [5.74, 6) is 0. The smallest absolute Gasteiger partial charge is 0.0992 e. The first-order valence-corrected chi connectivity index (χ1v) is 6.03. The zero-order chi connectivity index (χ0) is 12.3. The Hall–Kier alpha value is -1.01. The van der Waals surface area contributed by atoms with Gasteiger partial charge in [0.1, 0.15) is 0 Å². The lowest BCUT2D eigenvalue weighted by atomic mass is 9.96. The molecule has 0 N–H and O–H groups in total. The lowest BCUT2D eigenvalue weighted by molar-refractivity contribution is 0.419. The van der Waals surface area contributed by atoms with Crippen molar-refractivity contribution >= 4 is 21.6 Å². The van der Waals surface area contributed by atoms with Crippen molar-refractivity contribution in [3.05, 3.63) is 28.2 Å². The molecule has 2 nitrogen and oxygen atoms in total. The van der Waals surface area contributed by atoms with E-state index in [0.717, 1.165) is 16.7 Å². The van der Waals surface area contributed by atoms with Crippen LogP contribution in [0.1, 0.15) is 26.3 Å². The van der Waals surface area contributed by atoms with Crippen molar-refractivity contribution in [3.8, 4) is 6.07 Å². The van der Waals surface area contributed by atoms with Gasteiger partial charge >= 0.3 is 0 Å². The van der Waals surface area contributed by atoms with Crippen molar-refractivity contribution < 1.29 is 0 Å². The minimum absolute atomic E-state index is 0.252. The SMILES string of the molecule is CN(CC(C)(C)C)c1ccc(C#N)cc1Br. The number of anilines is 1. The molecule has 0 radical (unpaired) electrons. The molecule has 0 heterocycles. The van der Waals surface area contributed by atoms with Crippen molar-refractivity contribution in [1.29, 1.82) is 5.26 Å². The average Bonchev–Trinajstić information content (AvgIpc) is 2.14. The standard InChI is InChI=1S/C13H17BrN2/c1-13(2,3)9-16(4)12-6-5-10(8-15)7-11(12)14/h5-7H,9H2,1-4H3. The largest absolute Gasteiger partial charge is 0.373 e. The highest BCUT2D eigenvalue weighted by atomic mass is 79.9. The second kappa shape index (κ2) is 4.88. The molecule has 1 rings (SSSR count). The molecule has 0 aliphatic heterocycles. The molecule has 0 aliphatic carbocycles. The predicted molar refractivity (Wildman–Crippen MR) is 71.6 cm³/mol. The summed E-state index contributed by atoms with van der Waals surface area (Å²) in [5, 5.41) is 8.79. The van der Waals surface area contributed by atoms with Gasteiger partial charge in [0.15, 0.2) is 0 Å². The average molecular weight is 281 g/mol. The van der Waals surface area contributed by atoms with Gasteiger partial charge in [0.2, 0.25) is 0 Å². The maximum absolute atomic E-state index is 8.79. The molecule has 86 valence electrons. The maximum atomic E-state index is 8.79. The number of nitrogens with zero attached hydrogens (tertiary/aromatic N) is 2. The monoisotopic (exact) mass is 280 g/mol. The molecule has 0 saturated heterocycles. The van der Waals surface area contributed by atoms with E-state index in [-0.39, 0.29) is 5.41 Å². The summed E-state index contributed by atoms with van der Waals surface area (Å²) < 4.78 is 0.971. The number of hydrogen-bond donors (Lipinski definition) is 0. The Morgan fingerprint density at radius 2 is 2.00 bits per heavy atom. The molecular formula is C13H17BrN2. The van der Waals surface area contributed by atoms with E-state index in [9.17, 15) is 0 Å². The Morgan fingerprint density at radius 3 is 2.44 bits per heavy atom. The topological polar surface area (TPSA) is 27.0 Å². The molecule has 0 atom stereocenters. The lowest BCUT2D eigenvalue weighted by Crippen LogP contribution is -2.29. The van der Waals surface area contributed by atoms with Crippen molar-refractivity contribution in [2.24, 2.45) is 5.41 Å². The van der Waals surface area contributed by atoms with Crippen LogP contribution in [0.3, 0.4) is 0 Å². The van der Waals surface area contributed by atoms with Gasteiger partial charge in [-0.3, -0.25) is 0 Å². The van der Waals surface area contributed by atoms with Crippen molar-refractivity contribution in [2.75, 3.05) is 18.5 Å². The van der Waals surface area contributed by atoms with Crippen molar-refractivity contribution in [3.63, 3.8) is 0 Å². The van der Waals surface area contributed by atoms with Gasteiger partial charge in [-0.05, 0) is 39.5 Å². The number of benzene rings is 1. The first kappa shape index (κ1) is 13.1. The fourth-order valence-electron chi connectivity index (χ4n) is 1.68. The highest BCUT2D eigenvalue weighted by molar-refractivity contribution is 9.10. The van der Waals surface area contributed by atoms with Crippen LogP contribution in [0.25, 0.3) is 0 Å². The Morgan fingerprint density at radius 1 is 1.38 bits per heavy atom. The van der Waals surface area contributed by atoms with Crippen LogP contribution in [0.2, 0.25) is 0 Å². The quantitative estimate of drug-likeness (QED) is 0.824.